The molecule has 6 heteroatoms. The van der Waals surface area contributed by atoms with Crippen molar-refractivity contribution < 1.29 is 13.3 Å². The Bertz CT molecular complexity index is 475. The van der Waals surface area contributed by atoms with Gasteiger partial charge in [-0.2, -0.15) is 0 Å². The van der Waals surface area contributed by atoms with Crippen molar-refractivity contribution in [2.24, 2.45) is 11.8 Å². The molecule has 0 amide bonds. The van der Waals surface area contributed by atoms with E-state index in [1.807, 2.05) is 0 Å². The van der Waals surface area contributed by atoms with Gasteiger partial charge in [-0.05, 0) is 36.8 Å². The molecule has 1 aromatic carbocycles. The standard InChI is InChI=1S/C14H18F2N2OS/c15-12-5-11(17)6-13(16)14(12)18-7-9-1-3-20(19)4-2-10(9)8-18/h5-6,9-10H,1-4,7-8,17H2. The highest BCUT2D eigenvalue weighted by molar-refractivity contribution is 7.91. The summed E-state index contributed by atoms with van der Waals surface area (Å²) in [6.45, 7) is 1.28. The van der Waals surface area contributed by atoms with E-state index in [4.69, 9.17) is 5.73 Å². The first-order valence-electron chi connectivity index (χ1n) is 6.89. The van der Waals surface area contributed by atoms with Gasteiger partial charge in [0.2, 0.25) is 0 Å². The number of halogens is 2. The summed E-state index contributed by atoms with van der Waals surface area (Å²) in [4.78, 5) is 1.79. The molecule has 0 bridgehead atoms. The third-order valence-electron chi connectivity index (χ3n) is 4.36. The Morgan fingerprint density at radius 2 is 1.60 bits per heavy atom. The summed E-state index contributed by atoms with van der Waals surface area (Å²) < 4.78 is 39.5. The van der Waals surface area contributed by atoms with Gasteiger partial charge in [-0.1, -0.05) is 11.2 Å². The maximum Gasteiger partial charge on any atom is 0.151 e. The van der Waals surface area contributed by atoms with Crippen LogP contribution in [0.4, 0.5) is 20.2 Å². The molecule has 3 nitrogen and oxygen atoms in total. The minimum Gasteiger partial charge on any atom is -0.616 e. The Labute approximate surface area is 120 Å². The summed E-state index contributed by atoms with van der Waals surface area (Å²) >= 11 is -0.717. The van der Waals surface area contributed by atoms with Crippen molar-refractivity contribution >= 4 is 22.6 Å². The molecule has 0 spiro atoms. The fourth-order valence-corrected chi connectivity index (χ4v) is 4.67. The van der Waals surface area contributed by atoms with E-state index in [-0.39, 0.29) is 11.4 Å². The van der Waals surface area contributed by atoms with Gasteiger partial charge in [-0.25, -0.2) is 8.78 Å². The molecule has 2 atom stereocenters. The molecule has 0 saturated carbocycles. The number of benzene rings is 1. The fourth-order valence-electron chi connectivity index (χ4n) is 3.33. The first kappa shape index (κ1) is 13.9. The number of nitrogens with two attached hydrogens (primary N) is 1. The first-order valence-corrected chi connectivity index (χ1v) is 8.38. The Hall–Kier alpha value is -1.01. The smallest absolute Gasteiger partial charge is 0.151 e. The van der Waals surface area contributed by atoms with Crippen LogP contribution in [-0.4, -0.2) is 29.1 Å². The van der Waals surface area contributed by atoms with Gasteiger partial charge in [0.1, 0.15) is 17.2 Å². The van der Waals surface area contributed by atoms with Crippen LogP contribution in [0.1, 0.15) is 12.8 Å². The van der Waals surface area contributed by atoms with E-state index in [0.717, 1.165) is 12.8 Å². The molecule has 2 saturated heterocycles. The van der Waals surface area contributed by atoms with E-state index in [9.17, 15) is 13.3 Å². The van der Waals surface area contributed by atoms with Crippen LogP contribution in [0, 0.1) is 23.5 Å². The van der Waals surface area contributed by atoms with Crippen LogP contribution in [-0.2, 0) is 11.2 Å². The average Bonchev–Trinajstić information content (AvgIpc) is 2.68. The molecule has 2 fully saturated rings. The van der Waals surface area contributed by atoms with Crippen LogP contribution in [0.15, 0.2) is 12.1 Å². The molecule has 20 heavy (non-hydrogen) atoms. The van der Waals surface area contributed by atoms with Gasteiger partial charge in [-0.3, -0.25) is 0 Å². The van der Waals surface area contributed by atoms with Gasteiger partial charge in [0.15, 0.2) is 11.6 Å². The Kier molecular flexibility index (Phi) is 3.77. The van der Waals surface area contributed by atoms with Gasteiger partial charge in [0.05, 0.1) is 0 Å². The Morgan fingerprint density at radius 1 is 1.10 bits per heavy atom. The lowest BCUT2D eigenvalue weighted by Crippen LogP contribution is -2.24. The molecule has 0 aliphatic carbocycles. The Morgan fingerprint density at radius 3 is 2.10 bits per heavy atom. The summed E-state index contributed by atoms with van der Waals surface area (Å²) in [6, 6.07) is 2.34. The number of hydrogen-bond donors (Lipinski definition) is 1. The lowest BCUT2D eigenvalue weighted by Gasteiger charge is -2.21. The molecule has 0 radical (unpaired) electrons. The quantitative estimate of drug-likeness (QED) is 0.638. The largest absolute Gasteiger partial charge is 0.616 e. The summed E-state index contributed by atoms with van der Waals surface area (Å²) in [6.07, 6.45) is 1.76. The number of rotatable bonds is 1. The minimum atomic E-state index is -0.717. The van der Waals surface area contributed by atoms with E-state index in [1.54, 1.807) is 4.90 Å². The summed E-state index contributed by atoms with van der Waals surface area (Å²) in [5, 5.41) is 0. The molecule has 2 aliphatic heterocycles. The van der Waals surface area contributed by atoms with Crippen molar-refractivity contribution in [3.63, 3.8) is 0 Å². The second-order valence-electron chi connectivity index (χ2n) is 5.68. The zero-order valence-corrected chi connectivity index (χ0v) is 12.0. The molecule has 2 N–H and O–H groups in total. The third-order valence-corrected chi connectivity index (χ3v) is 5.75. The van der Waals surface area contributed by atoms with E-state index < -0.39 is 22.8 Å². The highest BCUT2D eigenvalue weighted by atomic mass is 32.2. The maximum absolute atomic E-state index is 14.0. The second-order valence-corrected chi connectivity index (χ2v) is 7.38. The van der Waals surface area contributed by atoms with E-state index in [0.29, 0.717) is 36.4 Å². The zero-order chi connectivity index (χ0) is 14.3. The van der Waals surface area contributed by atoms with Gasteiger partial charge in [-0.15, -0.1) is 0 Å². The lowest BCUT2D eigenvalue weighted by molar-refractivity contribution is 0.409. The molecule has 3 rings (SSSR count). The van der Waals surface area contributed by atoms with Crippen LogP contribution in [0.25, 0.3) is 0 Å². The molecule has 1 aromatic rings. The van der Waals surface area contributed by atoms with Crippen LogP contribution in [0.3, 0.4) is 0 Å². The SMILES string of the molecule is Nc1cc(F)c(N2CC3CC[S+]([O-])CCC3C2)c(F)c1. The van der Waals surface area contributed by atoms with Gasteiger partial charge >= 0.3 is 0 Å². The number of nitrogen functional groups attached to an aromatic ring is 1. The first-order chi connectivity index (χ1) is 9.54. The predicted molar refractivity (Wildman–Crippen MR) is 77.1 cm³/mol. The number of nitrogens with zero attached hydrogens (tertiary/aromatic N) is 1. The highest BCUT2D eigenvalue weighted by Gasteiger charge is 2.37. The normalized spacial score (nSPS) is 30.1. The summed E-state index contributed by atoms with van der Waals surface area (Å²) in [5.74, 6) is 1.00. The number of hydrogen-bond acceptors (Lipinski definition) is 3. The molecule has 2 aliphatic rings. The molecule has 110 valence electrons. The summed E-state index contributed by atoms with van der Waals surface area (Å²) in [5.41, 5.74) is 5.59. The van der Waals surface area contributed by atoms with Crippen LogP contribution in [0.5, 0.6) is 0 Å². The maximum atomic E-state index is 14.0. The van der Waals surface area contributed by atoms with Crippen LogP contribution in [0.2, 0.25) is 0 Å². The highest BCUT2D eigenvalue weighted by Crippen LogP contribution is 2.37. The number of anilines is 2. The van der Waals surface area contributed by atoms with Crippen molar-refractivity contribution in [2.75, 3.05) is 35.2 Å². The van der Waals surface area contributed by atoms with Crippen LogP contribution < -0.4 is 10.6 Å². The zero-order valence-electron chi connectivity index (χ0n) is 11.1. The Balaban J connectivity index is 1.81. The second kappa shape index (κ2) is 5.41. The van der Waals surface area contributed by atoms with E-state index >= 15 is 0 Å². The van der Waals surface area contributed by atoms with Gasteiger partial charge < -0.3 is 15.2 Å². The molecule has 2 heterocycles. The summed E-state index contributed by atoms with van der Waals surface area (Å²) in [7, 11) is 0. The molecule has 0 aromatic heterocycles. The van der Waals surface area contributed by atoms with Crippen molar-refractivity contribution in [3.8, 4) is 0 Å². The minimum absolute atomic E-state index is 0.0356. The van der Waals surface area contributed by atoms with Gasteiger partial charge in [0, 0.05) is 18.8 Å². The van der Waals surface area contributed by atoms with Crippen molar-refractivity contribution in [3.05, 3.63) is 23.8 Å². The van der Waals surface area contributed by atoms with Crippen molar-refractivity contribution in [1.82, 2.24) is 0 Å². The predicted octanol–water partition coefficient (Wildman–Crippen LogP) is 2.14. The number of fused-ring (bicyclic) bond motifs is 1. The monoisotopic (exact) mass is 300 g/mol. The molecular formula is C14H18F2N2OS. The average molecular weight is 300 g/mol. The molecule has 2 unspecified atom stereocenters. The fraction of sp³-hybridized carbons (Fsp3) is 0.571. The van der Waals surface area contributed by atoms with E-state index in [2.05, 4.69) is 0 Å². The third kappa shape index (κ3) is 2.59. The van der Waals surface area contributed by atoms with Crippen molar-refractivity contribution in [2.45, 2.75) is 12.8 Å². The topological polar surface area (TPSA) is 52.3 Å². The lowest BCUT2D eigenvalue weighted by atomic mass is 9.92. The van der Waals surface area contributed by atoms with Gasteiger partial charge in [0.25, 0.3) is 0 Å². The van der Waals surface area contributed by atoms with Crippen LogP contribution >= 0.6 is 0 Å². The molecular weight excluding hydrogens is 282 g/mol. The van der Waals surface area contributed by atoms with E-state index in [1.165, 1.54) is 12.1 Å². The van der Waals surface area contributed by atoms with Crippen molar-refractivity contribution in [1.29, 1.82) is 0 Å².